The minimum Gasteiger partial charge on any atom is -0.507 e. The molecule has 4 rings (SSSR count). The third-order valence-electron chi connectivity index (χ3n) is 4.92. The monoisotopic (exact) mass is 420 g/mol. The molecule has 6 nitrogen and oxygen atoms in total. The molecule has 0 saturated carbocycles. The molecule has 0 amide bonds. The summed E-state index contributed by atoms with van der Waals surface area (Å²) in [6, 6.07) is 16.9. The Bertz CT molecular complexity index is 1210. The number of halogens is 1. The molecule has 1 heterocycles. The van der Waals surface area contributed by atoms with E-state index in [1.807, 2.05) is 18.2 Å². The SMILES string of the molecule is COc1ccc(-c2cn[nH]c2-c2ccc(OCc3ccccc3F)cc2O)cc1OC. The lowest BCUT2D eigenvalue weighted by atomic mass is 10.0. The van der Waals surface area contributed by atoms with Crippen molar-refractivity contribution in [2.24, 2.45) is 0 Å². The summed E-state index contributed by atoms with van der Waals surface area (Å²) in [4.78, 5) is 0. The molecule has 3 aromatic carbocycles. The summed E-state index contributed by atoms with van der Waals surface area (Å²) in [7, 11) is 3.15. The molecular weight excluding hydrogens is 399 g/mol. The molecule has 2 N–H and O–H groups in total. The second-order valence-electron chi connectivity index (χ2n) is 6.79. The first-order valence-corrected chi connectivity index (χ1v) is 9.56. The molecule has 0 unspecified atom stereocenters. The van der Waals surface area contributed by atoms with E-state index in [1.54, 1.807) is 50.7 Å². The van der Waals surface area contributed by atoms with Gasteiger partial charge in [0.1, 0.15) is 23.9 Å². The molecular formula is C24H21FN2O4. The number of rotatable bonds is 7. The summed E-state index contributed by atoms with van der Waals surface area (Å²) >= 11 is 0. The van der Waals surface area contributed by atoms with Crippen LogP contribution in [0.25, 0.3) is 22.4 Å². The van der Waals surface area contributed by atoms with Gasteiger partial charge in [-0.05, 0) is 35.9 Å². The Morgan fingerprint density at radius 1 is 0.935 bits per heavy atom. The van der Waals surface area contributed by atoms with E-state index in [4.69, 9.17) is 14.2 Å². The van der Waals surface area contributed by atoms with Gasteiger partial charge in [-0.1, -0.05) is 24.3 Å². The smallest absolute Gasteiger partial charge is 0.161 e. The van der Waals surface area contributed by atoms with Gasteiger partial charge < -0.3 is 19.3 Å². The molecule has 0 aliphatic heterocycles. The molecule has 158 valence electrons. The zero-order valence-electron chi connectivity index (χ0n) is 17.1. The maximum absolute atomic E-state index is 13.8. The van der Waals surface area contributed by atoms with Crippen LogP contribution in [0.1, 0.15) is 5.56 Å². The first kappa shape index (κ1) is 20.3. The first-order valence-electron chi connectivity index (χ1n) is 9.56. The summed E-state index contributed by atoms with van der Waals surface area (Å²) in [5.74, 6) is 1.32. The molecule has 0 fully saturated rings. The predicted molar refractivity (Wildman–Crippen MR) is 115 cm³/mol. The highest BCUT2D eigenvalue weighted by atomic mass is 19.1. The highest BCUT2D eigenvalue weighted by molar-refractivity contribution is 5.84. The van der Waals surface area contributed by atoms with Crippen LogP contribution in [0.4, 0.5) is 4.39 Å². The lowest BCUT2D eigenvalue weighted by molar-refractivity contribution is 0.298. The van der Waals surface area contributed by atoms with Gasteiger partial charge in [0, 0.05) is 22.8 Å². The van der Waals surface area contributed by atoms with Crippen LogP contribution in [0.15, 0.2) is 66.9 Å². The summed E-state index contributed by atoms with van der Waals surface area (Å²) in [5.41, 5.74) is 3.28. The number of nitrogens with one attached hydrogen (secondary N) is 1. The van der Waals surface area contributed by atoms with Gasteiger partial charge in [0.2, 0.25) is 0 Å². The Labute approximate surface area is 178 Å². The number of phenolic OH excluding ortho intramolecular Hbond substituents is 1. The van der Waals surface area contributed by atoms with E-state index in [-0.39, 0.29) is 18.2 Å². The van der Waals surface area contributed by atoms with Gasteiger partial charge in [-0.2, -0.15) is 5.10 Å². The van der Waals surface area contributed by atoms with Gasteiger partial charge in [0.25, 0.3) is 0 Å². The third kappa shape index (κ3) is 4.16. The highest BCUT2D eigenvalue weighted by Gasteiger charge is 2.16. The molecule has 4 aromatic rings. The van der Waals surface area contributed by atoms with E-state index in [2.05, 4.69) is 10.2 Å². The second-order valence-corrected chi connectivity index (χ2v) is 6.79. The molecule has 0 atom stereocenters. The van der Waals surface area contributed by atoms with Crippen LogP contribution < -0.4 is 14.2 Å². The lowest BCUT2D eigenvalue weighted by Crippen LogP contribution is -1.98. The molecule has 7 heteroatoms. The standard InChI is InChI=1S/C24H21FN2O4/c1-29-22-10-7-15(11-23(22)30-2)19-13-26-27-24(19)18-9-8-17(12-21(18)28)31-14-16-5-3-4-6-20(16)25/h3-13,28H,14H2,1-2H3,(H,26,27). The van der Waals surface area contributed by atoms with Gasteiger partial charge in [-0.25, -0.2) is 4.39 Å². The van der Waals surface area contributed by atoms with Gasteiger partial charge in [0.05, 0.1) is 26.1 Å². The van der Waals surface area contributed by atoms with Crippen LogP contribution >= 0.6 is 0 Å². The van der Waals surface area contributed by atoms with Crippen LogP contribution in [-0.2, 0) is 6.61 Å². The molecule has 1 aromatic heterocycles. The molecule has 0 spiro atoms. The zero-order chi connectivity index (χ0) is 21.8. The van der Waals surface area contributed by atoms with Crippen molar-refractivity contribution in [3.63, 3.8) is 0 Å². The number of hydrogen-bond acceptors (Lipinski definition) is 5. The third-order valence-corrected chi connectivity index (χ3v) is 4.92. The number of hydrogen-bond donors (Lipinski definition) is 2. The Balaban J connectivity index is 1.60. The molecule has 31 heavy (non-hydrogen) atoms. The molecule has 0 saturated heterocycles. The summed E-state index contributed by atoms with van der Waals surface area (Å²) in [6.07, 6.45) is 1.68. The van der Waals surface area contributed by atoms with E-state index < -0.39 is 0 Å². The van der Waals surface area contributed by atoms with Gasteiger partial charge in [-0.3, -0.25) is 5.10 Å². The minimum atomic E-state index is -0.333. The number of aromatic amines is 1. The van der Waals surface area contributed by atoms with Crippen molar-refractivity contribution in [3.05, 3.63) is 78.2 Å². The first-order chi connectivity index (χ1) is 15.1. The number of ether oxygens (including phenoxy) is 3. The van der Waals surface area contributed by atoms with Crippen LogP contribution in [0.3, 0.4) is 0 Å². The van der Waals surface area contributed by atoms with Crippen LogP contribution in [0.2, 0.25) is 0 Å². The Hall–Kier alpha value is -4.00. The predicted octanol–water partition coefficient (Wildman–Crippen LogP) is 5.18. The topological polar surface area (TPSA) is 76.6 Å². The van der Waals surface area contributed by atoms with E-state index in [0.29, 0.717) is 34.1 Å². The van der Waals surface area contributed by atoms with Crippen molar-refractivity contribution in [1.82, 2.24) is 10.2 Å². The van der Waals surface area contributed by atoms with Gasteiger partial charge >= 0.3 is 0 Å². The van der Waals surface area contributed by atoms with Crippen LogP contribution in [0.5, 0.6) is 23.0 Å². The Morgan fingerprint density at radius 2 is 1.74 bits per heavy atom. The summed E-state index contributed by atoms with van der Waals surface area (Å²) in [6.45, 7) is 0.0619. The number of H-pyrrole nitrogens is 1. The number of benzene rings is 3. The van der Waals surface area contributed by atoms with Crippen molar-refractivity contribution in [1.29, 1.82) is 0 Å². The zero-order valence-corrected chi connectivity index (χ0v) is 17.1. The summed E-state index contributed by atoms with van der Waals surface area (Å²) in [5, 5.41) is 17.7. The average molecular weight is 420 g/mol. The minimum absolute atomic E-state index is 0.0111. The Morgan fingerprint density at radius 3 is 2.48 bits per heavy atom. The van der Waals surface area contributed by atoms with Gasteiger partial charge in [0.15, 0.2) is 11.5 Å². The second kappa shape index (κ2) is 8.79. The van der Waals surface area contributed by atoms with E-state index in [9.17, 15) is 9.50 Å². The number of aromatic hydroxyl groups is 1. The maximum Gasteiger partial charge on any atom is 0.161 e. The lowest BCUT2D eigenvalue weighted by Gasteiger charge is -2.12. The normalized spacial score (nSPS) is 10.7. The van der Waals surface area contributed by atoms with Crippen molar-refractivity contribution < 1.29 is 23.7 Å². The number of aromatic nitrogens is 2. The van der Waals surface area contributed by atoms with Crippen molar-refractivity contribution in [2.75, 3.05) is 14.2 Å². The van der Waals surface area contributed by atoms with Crippen molar-refractivity contribution >= 4 is 0 Å². The fraction of sp³-hybridized carbons (Fsp3) is 0.125. The molecule has 0 aliphatic carbocycles. The molecule has 0 bridgehead atoms. The van der Waals surface area contributed by atoms with Gasteiger partial charge in [-0.15, -0.1) is 0 Å². The fourth-order valence-corrected chi connectivity index (χ4v) is 3.30. The molecule has 0 aliphatic rings. The Kier molecular flexibility index (Phi) is 5.75. The van der Waals surface area contributed by atoms with E-state index in [0.717, 1.165) is 11.1 Å². The van der Waals surface area contributed by atoms with Crippen molar-refractivity contribution in [3.8, 4) is 45.4 Å². The maximum atomic E-state index is 13.8. The van der Waals surface area contributed by atoms with Crippen molar-refractivity contribution in [2.45, 2.75) is 6.61 Å². The largest absolute Gasteiger partial charge is 0.507 e. The van der Waals surface area contributed by atoms with Crippen LogP contribution in [0, 0.1) is 5.82 Å². The number of nitrogens with zero attached hydrogens (tertiary/aromatic N) is 1. The van der Waals surface area contributed by atoms with E-state index >= 15 is 0 Å². The quantitative estimate of drug-likeness (QED) is 0.431. The van der Waals surface area contributed by atoms with E-state index in [1.165, 1.54) is 12.1 Å². The fourth-order valence-electron chi connectivity index (χ4n) is 3.30. The highest BCUT2D eigenvalue weighted by Crippen LogP contribution is 2.39. The van der Waals surface area contributed by atoms with Crippen LogP contribution in [-0.4, -0.2) is 29.5 Å². The molecule has 0 radical (unpaired) electrons. The summed E-state index contributed by atoms with van der Waals surface area (Å²) < 4.78 is 30.1. The average Bonchev–Trinajstić information content (AvgIpc) is 3.27. The number of methoxy groups -OCH3 is 2. The number of phenols is 1.